The largest absolute Gasteiger partial charge is 0.471 e. The molecule has 1 unspecified atom stereocenters. The van der Waals surface area contributed by atoms with Gasteiger partial charge in [0.15, 0.2) is 11.9 Å². The number of ether oxygens (including phenoxy) is 2. The van der Waals surface area contributed by atoms with Crippen LogP contribution in [-0.2, 0) is 19.1 Å². The fraction of sp³-hybridized carbons (Fsp3) is 0.593. The summed E-state index contributed by atoms with van der Waals surface area (Å²) in [7, 11) is 6.26. The fourth-order valence-electron chi connectivity index (χ4n) is 3.83. The molecule has 242 valence electrons. The second kappa shape index (κ2) is 15.8. The van der Waals surface area contributed by atoms with Gasteiger partial charge in [0.25, 0.3) is 0 Å². The lowest BCUT2D eigenvalue weighted by Gasteiger charge is -2.23. The topological polar surface area (TPSA) is 136 Å². The summed E-state index contributed by atoms with van der Waals surface area (Å²) in [4.78, 5) is 31.8. The number of halogens is 3. The lowest BCUT2D eigenvalue weighted by atomic mass is 10.2. The lowest BCUT2D eigenvalue weighted by molar-refractivity contribution is -0.173. The number of fused-ring (bicyclic) bond motifs is 1. The van der Waals surface area contributed by atoms with Gasteiger partial charge in [0.2, 0.25) is 0 Å². The summed E-state index contributed by atoms with van der Waals surface area (Å²) in [5.74, 6) is 4.74. The number of oxime groups is 1. The Morgan fingerprint density at radius 1 is 1.34 bits per heavy atom. The fourth-order valence-corrected chi connectivity index (χ4v) is 5.97. The molecule has 3 rings (SSSR count). The van der Waals surface area contributed by atoms with E-state index in [2.05, 4.69) is 32.0 Å². The Morgan fingerprint density at radius 2 is 2.09 bits per heavy atom. The van der Waals surface area contributed by atoms with Gasteiger partial charge in [0.1, 0.15) is 36.9 Å². The van der Waals surface area contributed by atoms with Crippen molar-refractivity contribution in [2.75, 3.05) is 39.8 Å². The smallest absolute Gasteiger partial charge is 0.394 e. The zero-order chi connectivity index (χ0) is 32.5. The van der Waals surface area contributed by atoms with Gasteiger partial charge in [-0.25, -0.2) is 15.0 Å². The minimum atomic E-state index is -4.92. The van der Waals surface area contributed by atoms with Gasteiger partial charge in [0.05, 0.1) is 29.6 Å². The first-order valence-electron chi connectivity index (χ1n) is 13.4. The highest BCUT2D eigenvalue weighted by Crippen LogP contribution is 2.37. The number of nitrogens with zero attached hydrogens (tertiary/aromatic N) is 6. The Kier molecular flexibility index (Phi) is 12.7. The SMILES string of the molecule is CC(C)=NOC1C[C@H](n2cc(C#CCOCSSC(C)(C)CNC(=O)C(F)(F)F)c3c(N=CN(C)C)ncnc32)O[C@@H]1CO. The summed E-state index contributed by atoms with van der Waals surface area (Å²) < 4.78 is 50.1. The molecule has 3 heterocycles. The average molecular weight is 660 g/mol. The van der Waals surface area contributed by atoms with E-state index in [1.165, 1.54) is 27.9 Å². The van der Waals surface area contributed by atoms with E-state index in [0.29, 0.717) is 28.8 Å². The summed E-state index contributed by atoms with van der Waals surface area (Å²) in [6.07, 6.45) is -1.26. The van der Waals surface area contributed by atoms with Crippen molar-refractivity contribution in [2.45, 2.75) is 63.5 Å². The molecule has 0 radical (unpaired) electrons. The van der Waals surface area contributed by atoms with Crippen LogP contribution in [0.4, 0.5) is 19.0 Å². The molecule has 0 saturated carbocycles. The maximum atomic E-state index is 12.4. The number of nitrogens with one attached hydrogen (secondary N) is 1. The van der Waals surface area contributed by atoms with Gasteiger partial charge in [-0.1, -0.05) is 38.6 Å². The van der Waals surface area contributed by atoms with Crippen molar-refractivity contribution in [3.8, 4) is 11.8 Å². The molecule has 44 heavy (non-hydrogen) atoms. The minimum absolute atomic E-state index is 0.0757. The number of hydrogen-bond acceptors (Lipinski definition) is 11. The molecule has 1 aliphatic rings. The van der Waals surface area contributed by atoms with Gasteiger partial charge in [-0.15, -0.1) is 0 Å². The Morgan fingerprint density at radius 3 is 2.75 bits per heavy atom. The highest BCUT2D eigenvalue weighted by molar-refractivity contribution is 8.77. The van der Waals surface area contributed by atoms with Crippen molar-refractivity contribution in [1.82, 2.24) is 24.8 Å². The van der Waals surface area contributed by atoms with E-state index in [0.717, 1.165) is 5.71 Å². The Labute approximate surface area is 261 Å². The van der Waals surface area contributed by atoms with Gasteiger partial charge in [-0.3, -0.25) is 4.79 Å². The third kappa shape index (κ3) is 10.3. The van der Waals surface area contributed by atoms with Gasteiger partial charge in [-0.2, -0.15) is 13.2 Å². The van der Waals surface area contributed by atoms with Crippen LogP contribution >= 0.6 is 21.6 Å². The van der Waals surface area contributed by atoms with Gasteiger partial charge < -0.3 is 34.2 Å². The van der Waals surface area contributed by atoms with E-state index in [-0.39, 0.29) is 25.7 Å². The molecule has 3 atom stereocenters. The van der Waals surface area contributed by atoms with Crippen LogP contribution in [0.3, 0.4) is 0 Å². The number of alkyl halides is 3. The normalized spacial score (nSPS) is 18.7. The Bertz CT molecular complexity index is 1400. The van der Waals surface area contributed by atoms with Crippen LogP contribution in [0.25, 0.3) is 11.0 Å². The lowest BCUT2D eigenvalue weighted by Crippen LogP contribution is -2.42. The number of carbonyl (C=O) groups is 1. The van der Waals surface area contributed by atoms with Crippen LogP contribution in [0.15, 0.2) is 22.7 Å². The molecule has 17 heteroatoms. The van der Waals surface area contributed by atoms with Crippen molar-refractivity contribution in [3.05, 3.63) is 18.1 Å². The highest BCUT2D eigenvalue weighted by Gasteiger charge is 2.40. The second-order valence-corrected chi connectivity index (χ2v) is 13.6. The molecule has 2 aromatic rings. The number of hydrogen-bond donors (Lipinski definition) is 2. The molecule has 1 saturated heterocycles. The van der Waals surface area contributed by atoms with Crippen LogP contribution in [0.5, 0.6) is 0 Å². The van der Waals surface area contributed by atoms with Crippen molar-refractivity contribution in [3.63, 3.8) is 0 Å². The molecule has 0 bridgehead atoms. The van der Waals surface area contributed by atoms with Gasteiger partial charge in [0, 0.05) is 38.0 Å². The van der Waals surface area contributed by atoms with Crippen molar-refractivity contribution < 1.29 is 37.4 Å². The summed E-state index contributed by atoms with van der Waals surface area (Å²) in [6.45, 7) is 6.73. The first-order valence-corrected chi connectivity index (χ1v) is 15.8. The first kappa shape index (κ1) is 35.4. The molecule has 1 fully saturated rings. The molecule has 0 aliphatic carbocycles. The Hall–Kier alpha value is -3.04. The molecular weight excluding hydrogens is 623 g/mol. The van der Waals surface area contributed by atoms with Crippen molar-refractivity contribution in [2.24, 2.45) is 10.1 Å². The number of aliphatic hydroxyl groups is 1. The number of carbonyl (C=O) groups excluding carboxylic acids is 1. The third-order valence-electron chi connectivity index (χ3n) is 5.79. The molecule has 2 N–H and O–H groups in total. The minimum Gasteiger partial charge on any atom is -0.394 e. The second-order valence-electron chi connectivity index (χ2n) is 10.7. The third-order valence-corrected chi connectivity index (χ3v) is 8.76. The van der Waals surface area contributed by atoms with E-state index in [1.54, 1.807) is 31.3 Å². The van der Waals surface area contributed by atoms with Crippen molar-refractivity contribution >= 4 is 56.4 Å². The summed E-state index contributed by atoms with van der Waals surface area (Å²) in [5, 5.41) is 16.4. The van der Waals surface area contributed by atoms with Gasteiger partial charge in [-0.05, 0) is 27.7 Å². The van der Waals surface area contributed by atoms with Crippen molar-refractivity contribution in [1.29, 1.82) is 0 Å². The maximum Gasteiger partial charge on any atom is 0.471 e. The van der Waals surface area contributed by atoms with Crippen LogP contribution in [0, 0.1) is 11.8 Å². The standard InChI is InChI=1S/C27H36F3N7O5S2/c1-17(2)35-42-19-10-21(41-20(19)12-38)37-11-18(22-23(34-15-36(5)6)32-14-33-24(22)37)8-7-9-40-16-43-44-26(3,4)13-31-25(39)27(28,29)30/h11,14-15,19-21,38H,9-10,12-13,16H2,1-6H3,(H,31,39)/t19?,20-,21-/m1/s1. The first-order chi connectivity index (χ1) is 20.7. The molecular formula is C27H36F3N7O5S2. The van der Waals surface area contributed by atoms with Gasteiger partial charge >= 0.3 is 12.1 Å². The van der Waals surface area contributed by atoms with E-state index in [4.69, 9.17) is 14.3 Å². The Balaban J connectivity index is 1.71. The van der Waals surface area contributed by atoms with E-state index in [9.17, 15) is 23.1 Å². The maximum absolute atomic E-state index is 12.4. The summed E-state index contributed by atoms with van der Waals surface area (Å²) in [6, 6.07) is 0. The van der Waals surface area contributed by atoms with E-state index < -0.39 is 35.3 Å². The number of rotatable bonds is 13. The average Bonchev–Trinajstić information content (AvgIpc) is 3.54. The summed E-state index contributed by atoms with van der Waals surface area (Å²) >= 11 is 0. The van der Waals surface area contributed by atoms with E-state index in [1.807, 2.05) is 37.8 Å². The summed E-state index contributed by atoms with van der Waals surface area (Å²) in [5.41, 5.74) is 1.87. The predicted octanol–water partition coefficient (Wildman–Crippen LogP) is 3.88. The number of aromatic nitrogens is 3. The van der Waals surface area contributed by atoms with Crippen LogP contribution in [0.2, 0.25) is 0 Å². The molecule has 2 aromatic heterocycles. The van der Waals surface area contributed by atoms with Crippen LogP contribution in [0.1, 0.15) is 45.9 Å². The zero-order valence-electron chi connectivity index (χ0n) is 25.2. The van der Waals surface area contributed by atoms with Crippen LogP contribution in [-0.4, -0.2) is 105 Å². The zero-order valence-corrected chi connectivity index (χ0v) is 26.8. The van der Waals surface area contributed by atoms with Crippen LogP contribution < -0.4 is 5.32 Å². The quantitative estimate of drug-likeness (QED) is 0.0621. The molecule has 1 aliphatic heterocycles. The molecule has 12 nitrogen and oxygen atoms in total. The number of aliphatic hydroxyl groups excluding tert-OH is 1. The predicted molar refractivity (Wildman–Crippen MR) is 165 cm³/mol. The van der Waals surface area contributed by atoms with E-state index >= 15 is 0 Å². The molecule has 0 aromatic carbocycles. The highest BCUT2D eigenvalue weighted by atomic mass is 33.1. The molecule has 0 spiro atoms. The molecule has 1 amide bonds. The monoisotopic (exact) mass is 659 g/mol. The number of amides is 1. The number of aliphatic imine (C=N–C) groups is 1.